The number of thiazole rings is 1. The summed E-state index contributed by atoms with van der Waals surface area (Å²) in [6, 6.07) is 2.30. The number of hydrogen-bond acceptors (Lipinski definition) is 5. The molecule has 1 aromatic carbocycles. The van der Waals surface area contributed by atoms with E-state index in [9.17, 15) is 22.0 Å². The molecular weight excluding hydrogens is 408 g/mol. The Bertz CT molecular complexity index is 976. The first-order valence-corrected chi connectivity index (χ1v) is 11.3. The summed E-state index contributed by atoms with van der Waals surface area (Å²) in [5.41, 5.74) is 1.03. The van der Waals surface area contributed by atoms with E-state index in [0.29, 0.717) is 17.1 Å². The van der Waals surface area contributed by atoms with E-state index >= 15 is 0 Å². The zero-order valence-electron chi connectivity index (χ0n) is 15.3. The lowest BCUT2D eigenvalue weighted by Gasteiger charge is -2.18. The first-order chi connectivity index (χ1) is 13.3. The van der Waals surface area contributed by atoms with Gasteiger partial charge < -0.3 is 5.32 Å². The maximum absolute atomic E-state index is 13.2. The molecule has 6 nitrogen and oxygen atoms in total. The molecule has 28 heavy (non-hydrogen) atoms. The lowest BCUT2D eigenvalue weighted by molar-refractivity contribution is -0.116. The topological polar surface area (TPSA) is 88.2 Å². The molecule has 1 amide bonds. The van der Waals surface area contributed by atoms with E-state index in [4.69, 9.17) is 0 Å². The Kier molecular flexibility index (Phi) is 6.41. The van der Waals surface area contributed by atoms with E-state index < -0.39 is 26.6 Å². The Morgan fingerprint density at radius 2 is 2.11 bits per heavy atom. The van der Waals surface area contributed by atoms with Gasteiger partial charge in [0.15, 0.2) is 16.8 Å². The number of rotatable bonds is 7. The van der Waals surface area contributed by atoms with Crippen LogP contribution in [-0.4, -0.2) is 25.9 Å². The number of aryl methyl sites for hydroxylation is 1. The molecule has 1 atom stereocenters. The van der Waals surface area contributed by atoms with E-state index in [0.717, 1.165) is 43.5 Å². The summed E-state index contributed by atoms with van der Waals surface area (Å²) in [5, 5.41) is 3.22. The molecule has 0 aliphatic heterocycles. The third-order valence-corrected chi connectivity index (χ3v) is 7.21. The smallest absolute Gasteiger partial charge is 0.240 e. The quantitative estimate of drug-likeness (QED) is 0.707. The number of amides is 1. The van der Waals surface area contributed by atoms with Crippen molar-refractivity contribution in [3.05, 3.63) is 40.4 Å². The van der Waals surface area contributed by atoms with Gasteiger partial charge >= 0.3 is 0 Å². The van der Waals surface area contributed by atoms with E-state index in [2.05, 4.69) is 21.9 Å². The Morgan fingerprint density at radius 1 is 1.32 bits per heavy atom. The summed E-state index contributed by atoms with van der Waals surface area (Å²) in [4.78, 5) is 17.3. The third-order valence-electron chi connectivity index (χ3n) is 4.71. The number of sulfonamides is 1. The van der Waals surface area contributed by atoms with Gasteiger partial charge in [0, 0.05) is 17.8 Å². The summed E-state index contributed by atoms with van der Waals surface area (Å²) in [7, 11) is -4.03. The third kappa shape index (κ3) is 4.92. The highest BCUT2D eigenvalue weighted by Crippen LogP contribution is 2.33. The molecule has 2 aromatic rings. The van der Waals surface area contributed by atoms with E-state index in [-0.39, 0.29) is 18.9 Å². The zero-order chi connectivity index (χ0) is 20.3. The summed E-state index contributed by atoms with van der Waals surface area (Å²) in [6.45, 7) is 2.00. The van der Waals surface area contributed by atoms with Gasteiger partial charge in [-0.2, -0.15) is 0 Å². The molecule has 3 rings (SSSR count). The standard InChI is InChI=1S/C18H21F2N3O3S2/c1-2-11-3-6-15-16(9-11)27-18(22-15)23-17(24)7-8-21-28(25,26)12-4-5-13(19)14(20)10-12/h4-5,10-11,21H,2-3,6-9H2,1H3,(H,22,23,24). The maximum atomic E-state index is 13.2. The van der Waals surface area contributed by atoms with Crippen LogP contribution in [0.2, 0.25) is 0 Å². The molecule has 0 spiro atoms. The van der Waals surface area contributed by atoms with Crippen molar-refractivity contribution in [2.75, 3.05) is 11.9 Å². The van der Waals surface area contributed by atoms with Crippen molar-refractivity contribution in [3.63, 3.8) is 0 Å². The van der Waals surface area contributed by atoms with Crippen LogP contribution in [-0.2, 0) is 27.7 Å². The number of hydrogen-bond donors (Lipinski definition) is 2. The zero-order valence-corrected chi connectivity index (χ0v) is 16.9. The molecule has 10 heteroatoms. The van der Waals surface area contributed by atoms with Gasteiger partial charge in [-0.05, 0) is 43.4 Å². The van der Waals surface area contributed by atoms with E-state index in [1.807, 2.05) is 0 Å². The first-order valence-electron chi connectivity index (χ1n) is 9.01. The number of carbonyl (C=O) groups excluding carboxylic acids is 1. The SMILES string of the molecule is CCC1CCc2nc(NC(=O)CCNS(=O)(=O)c3ccc(F)c(F)c3)sc2C1. The summed E-state index contributed by atoms with van der Waals surface area (Å²) in [5.74, 6) is -2.10. The lowest BCUT2D eigenvalue weighted by Crippen LogP contribution is -2.28. The second-order valence-electron chi connectivity index (χ2n) is 6.68. The molecule has 0 fully saturated rings. The Balaban J connectivity index is 1.52. The van der Waals surface area contributed by atoms with Crippen LogP contribution < -0.4 is 10.0 Å². The van der Waals surface area contributed by atoms with E-state index in [1.54, 1.807) is 0 Å². The predicted molar refractivity (Wildman–Crippen MR) is 103 cm³/mol. The molecule has 1 aliphatic rings. The minimum absolute atomic E-state index is 0.106. The van der Waals surface area contributed by atoms with Gasteiger partial charge in [-0.15, -0.1) is 11.3 Å². The van der Waals surface area contributed by atoms with Gasteiger partial charge in [0.05, 0.1) is 10.6 Å². The monoisotopic (exact) mass is 429 g/mol. The van der Waals surface area contributed by atoms with Crippen LogP contribution in [0.3, 0.4) is 0 Å². The molecule has 0 saturated heterocycles. The average molecular weight is 430 g/mol. The van der Waals surface area contributed by atoms with Crippen molar-refractivity contribution in [2.45, 2.75) is 43.9 Å². The molecule has 2 N–H and O–H groups in total. The normalized spacial score (nSPS) is 16.6. The minimum atomic E-state index is -4.03. The molecule has 1 aliphatic carbocycles. The van der Waals surface area contributed by atoms with Gasteiger partial charge in [0.25, 0.3) is 0 Å². The van der Waals surface area contributed by atoms with Gasteiger partial charge in [0.1, 0.15) is 0 Å². The highest BCUT2D eigenvalue weighted by Gasteiger charge is 2.22. The molecule has 1 heterocycles. The molecule has 152 valence electrons. The highest BCUT2D eigenvalue weighted by atomic mass is 32.2. The molecule has 0 saturated carbocycles. The largest absolute Gasteiger partial charge is 0.302 e. The predicted octanol–water partition coefficient (Wildman–Crippen LogP) is 3.24. The molecule has 1 unspecified atom stereocenters. The number of carbonyl (C=O) groups is 1. The molecular formula is C18H21F2N3O3S2. The van der Waals surface area contributed by atoms with Gasteiger partial charge in [0.2, 0.25) is 15.9 Å². The maximum Gasteiger partial charge on any atom is 0.240 e. The number of aromatic nitrogens is 1. The van der Waals surface area contributed by atoms with E-state index in [1.165, 1.54) is 16.2 Å². The Morgan fingerprint density at radius 3 is 2.82 bits per heavy atom. The van der Waals surface area contributed by atoms with Gasteiger partial charge in [-0.3, -0.25) is 4.79 Å². The summed E-state index contributed by atoms with van der Waals surface area (Å²) >= 11 is 1.46. The van der Waals surface area contributed by atoms with Gasteiger partial charge in [-0.1, -0.05) is 13.3 Å². The van der Waals surface area contributed by atoms with Crippen molar-refractivity contribution >= 4 is 32.4 Å². The van der Waals surface area contributed by atoms with Crippen molar-refractivity contribution < 1.29 is 22.0 Å². The second-order valence-corrected chi connectivity index (χ2v) is 9.53. The van der Waals surface area contributed by atoms with Crippen LogP contribution >= 0.6 is 11.3 Å². The Hall–Kier alpha value is -1.91. The van der Waals surface area contributed by atoms with Crippen LogP contribution in [0.15, 0.2) is 23.1 Å². The van der Waals surface area contributed by atoms with Crippen LogP contribution in [0.5, 0.6) is 0 Å². The number of nitrogens with one attached hydrogen (secondary N) is 2. The number of nitrogens with zero attached hydrogens (tertiary/aromatic N) is 1. The van der Waals surface area contributed by atoms with Crippen LogP contribution in [0.4, 0.5) is 13.9 Å². The fourth-order valence-electron chi connectivity index (χ4n) is 3.05. The fourth-order valence-corrected chi connectivity index (χ4v) is 5.24. The van der Waals surface area contributed by atoms with Crippen LogP contribution in [0.1, 0.15) is 36.8 Å². The van der Waals surface area contributed by atoms with Crippen LogP contribution in [0.25, 0.3) is 0 Å². The number of fused-ring (bicyclic) bond motifs is 1. The number of anilines is 1. The van der Waals surface area contributed by atoms with Crippen molar-refractivity contribution in [1.82, 2.24) is 9.71 Å². The summed E-state index contributed by atoms with van der Waals surface area (Å²) < 4.78 is 52.5. The number of halogens is 2. The van der Waals surface area contributed by atoms with Gasteiger partial charge in [-0.25, -0.2) is 26.9 Å². The van der Waals surface area contributed by atoms with Crippen molar-refractivity contribution in [1.29, 1.82) is 0 Å². The minimum Gasteiger partial charge on any atom is -0.302 e. The first kappa shape index (κ1) is 20.8. The van der Waals surface area contributed by atoms with Crippen LogP contribution in [0, 0.1) is 17.6 Å². The lowest BCUT2D eigenvalue weighted by atomic mass is 9.89. The fraction of sp³-hybridized carbons (Fsp3) is 0.444. The number of benzene rings is 1. The highest BCUT2D eigenvalue weighted by molar-refractivity contribution is 7.89. The average Bonchev–Trinajstić information content (AvgIpc) is 3.04. The molecule has 1 aromatic heterocycles. The molecule has 0 bridgehead atoms. The second kappa shape index (κ2) is 8.62. The Labute approximate surface area is 166 Å². The molecule has 0 radical (unpaired) electrons. The summed E-state index contributed by atoms with van der Waals surface area (Å²) in [6.07, 6.45) is 4.01. The van der Waals surface area contributed by atoms with Crippen molar-refractivity contribution in [3.8, 4) is 0 Å². The van der Waals surface area contributed by atoms with Crippen molar-refractivity contribution in [2.24, 2.45) is 5.92 Å².